The second kappa shape index (κ2) is 5.75. The molecular weight excluding hydrogens is 258 g/mol. The Morgan fingerprint density at radius 2 is 2.16 bits per heavy atom. The average Bonchev–Trinajstić information content (AvgIpc) is 3.13. The highest BCUT2D eigenvalue weighted by Gasteiger charge is 2.20. The molecule has 0 spiro atoms. The molecule has 1 aliphatic rings. The van der Waals surface area contributed by atoms with Gasteiger partial charge in [-0.1, -0.05) is 11.8 Å². The zero-order chi connectivity index (χ0) is 13.1. The molecule has 1 N–H and O–H groups in total. The third-order valence-corrected chi connectivity index (χ3v) is 3.86. The number of nitrogens with zero attached hydrogens (tertiary/aromatic N) is 2. The Morgan fingerprint density at radius 3 is 2.95 bits per heavy atom. The minimum atomic E-state index is 0.712. The van der Waals surface area contributed by atoms with E-state index in [1.54, 1.807) is 18.0 Å². The third-order valence-electron chi connectivity index (χ3n) is 2.98. The highest BCUT2D eigenvalue weighted by Crippen LogP contribution is 2.22. The molecule has 2 heterocycles. The van der Waals surface area contributed by atoms with Crippen molar-refractivity contribution >= 4 is 11.8 Å². The summed E-state index contributed by atoms with van der Waals surface area (Å²) in [5, 5.41) is 4.24. The molecule has 4 nitrogen and oxygen atoms in total. The molecule has 0 saturated heterocycles. The zero-order valence-electron chi connectivity index (χ0n) is 10.9. The maximum atomic E-state index is 5.77. The van der Waals surface area contributed by atoms with Crippen LogP contribution in [0, 0.1) is 6.92 Å². The first-order valence-electron chi connectivity index (χ1n) is 6.53. The molecule has 0 bridgehead atoms. The number of thioether (sulfide) groups is 1. The van der Waals surface area contributed by atoms with Crippen LogP contribution >= 0.6 is 11.8 Å². The van der Waals surface area contributed by atoms with Crippen LogP contribution in [-0.2, 0) is 12.3 Å². The topological polar surface area (TPSA) is 51.0 Å². The predicted molar refractivity (Wildman–Crippen MR) is 74.9 cm³/mol. The molecule has 0 aromatic carbocycles. The van der Waals surface area contributed by atoms with Gasteiger partial charge in [-0.25, -0.2) is 9.97 Å². The van der Waals surface area contributed by atoms with Crippen LogP contribution in [0.2, 0.25) is 0 Å². The first-order valence-corrected chi connectivity index (χ1v) is 7.51. The Balaban J connectivity index is 1.51. The summed E-state index contributed by atoms with van der Waals surface area (Å²) in [6.45, 7) is 2.80. The maximum absolute atomic E-state index is 5.77. The number of hydrogen-bond donors (Lipinski definition) is 1. The minimum absolute atomic E-state index is 0.712. The van der Waals surface area contributed by atoms with Crippen molar-refractivity contribution in [1.82, 2.24) is 15.3 Å². The molecule has 0 radical (unpaired) electrons. The molecule has 1 fully saturated rings. The Bertz CT molecular complexity index is 551. The van der Waals surface area contributed by atoms with Crippen molar-refractivity contribution in [3.05, 3.63) is 41.6 Å². The van der Waals surface area contributed by atoms with Gasteiger partial charge in [0.25, 0.3) is 0 Å². The molecular formula is C14H17N3OS. The van der Waals surface area contributed by atoms with Gasteiger partial charge in [-0.05, 0) is 38.0 Å². The van der Waals surface area contributed by atoms with Crippen molar-refractivity contribution in [2.45, 2.75) is 43.3 Å². The lowest BCUT2D eigenvalue weighted by molar-refractivity contribution is 0.458. The molecule has 1 saturated carbocycles. The smallest absolute Gasteiger partial charge is 0.188 e. The fraction of sp³-hybridized carbons (Fsp3) is 0.429. The first-order chi connectivity index (χ1) is 9.29. The van der Waals surface area contributed by atoms with Gasteiger partial charge in [0.05, 0.1) is 12.3 Å². The van der Waals surface area contributed by atoms with Crippen molar-refractivity contribution in [3.8, 4) is 0 Å². The second-order valence-corrected chi connectivity index (χ2v) is 5.73. The fourth-order valence-electron chi connectivity index (χ4n) is 1.76. The van der Waals surface area contributed by atoms with Crippen molar-refractivity contribution in [3.63, 3.8) is 0 Å². The lowest BCUT2D eigenvalue weighted by Gasteiger charge is -2.00. The van der Waals surface area contributed by atoms with E-state index in [2.05, 4.69) is 15.3 Å². The monoisotopic (exact) mass is 275 g/mol. The summed E-state index contributed by atoms with van der Waals surface area (Å²) >= 11 is 1.60. The normalized spacial score (nSPS) is 14.8. The van der Waals surface area contributed by atoms with E-state index in [9.17, 15) is 0 Å². The summed E-state index contributed by atoms with van der Waals surface area (Å²) in [4.78, 5) is 8.59. The summed E-state index contributed by atoms with van der Waals surface area (Å²) in [6, 6.07) is 6.69. The van der Waals surface area contributed by atoms with Crippen molar-refractivity contribution in [1.29, 1.82) is 0 Å². The Labute approximate surface area is 117 Å². The molecule has 0 aliphatic heterocycles. The summed E-state index contributed by atoms with van der Waals surface area (Å²) in [6.07, 6.45) is 4.39. The highest BCUT2D eigenvalue weighted by molar-refractivity contribution is 7.98. The van der Waals surface area contributed by atoms with Gasteiger partial charge in [0, 0.05) is 17.9 Å². The molecule has 5 heteroatoms. The molecule has 19 heavy (non-hydrogen) atoms. The molecule has 0 unspecified atom stereocenters. The van der Waals surface area contributed by atoms with Gasteiger partial charge in [0.15, 0.2) is 5.16 Å². The van der Waals surface area contributed by atoms with Gasteiger partial charge < -0.3 is 9.73 Å². The van der Waals surface area contributed by atoms with Crippen LogP contribution < -0.4 is 5.32 Å². The van der Waals surface area contributed by atoms with Gasteiger partial charge in [-0.15, -0.1) is 0 Å². The van der Waals surface area contributed by atoms with E-state index >= 15 is 0 Å². The summed E-state index contributed by atoms with van der Waals surface area (Å²) in [5.41, 5.74) is 0.992. The third kappa shape index (κ3) is 3.81. The first kappa shape index (κ1) is 12.7. The largest absolute Gasteiger partial charge is 0.464 e. The summed E-state index contributed by atoms with van der Waals surface area (Å²) in [7, 11) is 0. The minimum Gasteiger partial charge on any atom is -0.464 e. The van der Waals surface area contributed by atoms with Crippen LogP contribution in [0.15, 0.2) is 34.0 Å². The van der Waals surface area contributed by atoms with E-state index in [-0.39, 0.29) is 0 Å². The number of nitrogens with one attached hydrogen (secondary N) is 1. The van der Waals surface area contributed by atoms with Gasteiger partial charge in [0.1, 0.15) is 11.5 Å². The molecule has 2 aromatic heterocycles. The summed E-state index contributed by atoms with van der Waals surface area (Å²) < 4.78 is 5.77. The van der Waals surface area contributed by atoms with Crippen molar-refractivity contribution < 1.29 is 4.42 Å². The number of hydrogen-bond acceptors (Lipinski definition) is 5. The van der Waals surface area contributed by atoms with Crippen LogP contribution in [0.25, 0.3) is 0 Å². The second-order valence-electron chi connectivity index (χ2n) is 4.79. The number of aromatic nitrogens is 2. The van der Waals surface area contributed by atoms with E-state index < -0.39 is 0 Å². The number of rotatable bonds is 6. The number of aryl methyl sites for hydroxylation is 1. The van der Waals surface area contributed by atoms with Gasteiger partial charge in [0.2, 0.25) is 0 Å². The Hall–Kier alpha value is -1.33. The van der Waals surface area contributed by atoms with Crippen molar-refractivity contribution in [2.75, 3.05) is 0 Å². The van der Waals surface area contributed by atoms with Crippen LogP contribution in [0.3, 0.4) is 0 Å². The predicted octanol–water partition coefficient (Wildman–Crippen LogP) is 2.92. The number of furan rings is 1. The van der Waals surface area contributed by atoms with E-state index in [4.69, 9.17) is 4.42 Å². The average molecular weight is 275 g/mol. The van der Waals surface area contributed by atoms with E-state index in [0.29, 0.717) is 6.04 Å². The molecule has 2 aromatic rings. The van der Waals surface area contributed by atoms with Gasteiger partial charge in [-0.3, -0.25) is 0 Å². The van der Waals surface area contributed by atoms with E-state index in [1.807, 2.05) is 25.1 Å². The molecule has 1 aliphatic carbocycles. The maximum Gasteiger partial charge on any atom is 0.188 e. The molecule has 0 amide bonds. The van der Waals surface area contributed by atoms with Crippen molar-refractivity contribution in [2.24, 2.45) is 0 Å². The quantitative estimate of drug-likeness (QED) is 0.649. The van der Waals surface area contributed by atoms with E-state index in [0.717, 1.165) is 34.7 Å². The Morgan fingerprint density at radius 1 is 1.32 bits per heavy atom. The van der Waals surface area contributed by atoms with Crippen LogP contribution in [0.1, 0.15) is 30.1 Å². The fourth-order valence-corrected chi connectivity index (χ4v) is 2.53. The highest BCUT2D eigenvalue weighted by atomic mass is 32.2. The standard InChI is InChI=1S/C14H17N3OS/c1-10-6-7-15-14(17-10)19-9-13-5-4-12(18-13)8-16-11-2-3-11/h4-7,11,16H,2-3,8-9H2,1H3. The van der Waals surface area contributed by atoms with Gasteiger partial charge in [-0.2, -0.15) is 0 Å². The molecule has 0 atom stereocenters. The Kier molecular flexibility index (Phi) is 3.84. The van der Waals surface area contributed by atoms with Crippen LogP contribution in [0.4, 0.5) is 0 Å². The lowest BCUT2D eigenvalue weighted by Crippen LogP contribution is -2.14. The lowest BCUT2D eigenvalue weighted by atomic mass is 10.4. The molecule has 3 rings (SSSR count). The van der Waals surface area contributed by atoms with Crippen LogP contribution in [-0.4, -0.2) is 16.0 Å². The van der Waals surface area contributed by atoms with Crippen LogP contribution in [0.5, 0.6) is 0 Å². The SMILES string of the molecule is Cc1ccnc(SCc2ccc(CNC3CC3)o2)n1. The molecule has 100 valence electrons. The summed E-state index contributed by atoms with van der Waals surface area (Å²) in [5.74, 6) is 2.75. The van der Waals surface area contributed by atoms with E-state index in [1.165, 1.54) is 12.8 Å². The van der Waals surface area contributed by atoms with Gasteiger partial charge >= 0.3 is 0 Å². The zero-order valence-corrected chi connectivity index (χ0v) is 11.7.